The first-order valence-corrected chi connectivity index (χ1v) is 7.65. The smallest absolute Gasteiger partial charge is 0.328 e. The Bertz CT molecular complexity index is 777. The van der Waals surface area contributed by atoms with Crippen molar-refractivity contribution >= 4 is 35.7 Å². The Balaban J connectivity index is 0.000000251. The van der Waals surface area contributed by atoms with E-state index < -0.39 is 11.9 Å². The van der Waals surface area contributed by atoms with Crippen LogP contribution >= 0.6 is 11.6 Å². The zero-order valence-corrected chi connectivity index (χ0v) is 14.0. The second-order valence-electron chi connectivity index (χ2n) is 4.66. The van der Waals surface area contributed by atoms with Crippen molar-refractivity contribution in [1.82, 2.24) is 0 Å². The van der Waals surface area contributed by atoms with Crippen molar-refractivity contribution in [2.24, 2.45) is 0 Å². The van der Waals surface area contributed by atoms with Gasteiger partial charge in [0.25, 0.3) is 0 Å². The Hall–Kier alpha value is -3.11. The summed E-state index contributed by atoms with van der Waals surface area (Å²) in [6, 6.07) is 16.8. The Kier molecular flexibility index (Phi) is 9.11. The highest BCUT2D eigenvalue weighted by molar-refractivity contribution is 6.32. The first kappa shape index (κ1) is 19.9. The van der Waals surface area contributed by atoms with Crippen molar-refractivity contribution < 1.29 is 19.8 Å². The minimum absolute atomic E-state index is 0.551. The van der Waals surface area contributed by atoms with Gasteiger partial charge >= 0.3 is 11.9 Å². The molecule has 4 nitrogen and oxygen atoms in total. The Morgan fingerprint density at radius 2 is 1.36 bits per heavy atom. The predicted octanol–water partition coefficient (Wildman–Crippen LogP) is 4.78. The molecule has 0 heterocycles. The molecule has 2 rings (SSSR count). The molecule has 2 aromatic rings. The van der Waals surface area contributed by atoms with Crippen LogP contribution in [0.2, 0.25) is 5.02 Å². The van der Waals surface area contributed by atoms with Crippen LogP contribution in [0.5, 0.6) is 0 Å². The lowest BCUT2D eigenvalue weighted by Gasteiger charge is -1.94. The molecular weight excluding hydrogens is 340 g/mol. The first-order valence-electron chi connectivity index (χ1n) is 7.27. The van der Waals surface area contributed by atoms with Crippen LogP contribution in [0.15, 0.2) is 78.9 Å². The van der Waals surface area contributed by atoms with Crippen LogP contribution in [0, 0.1) is 0 Å². The lowest BCUT2D eigenvalue weighted by molar-refractivity contribution is -0.132. The standard InChI is InChI=1S/C11H10O2.C9H7ClO2/c12-11(13)9-5-4-8-10-6-2-1-3-7-10;10-8-4-2-1-3-7(8)5-6-9(11)12/h1-9H,(H,12,13);1-6H,(H,11,12)/b8-4+,9-5+;6-5+. The lowest BCUT2D eigenvalue weighted by Crippen LogP contribution is -1.85. The van der Waals surface area contributed by atoms with Crippen LogP contribution in [0.1, 0.15) is 11.1 Å². The minimum atomic E-state index is -0.977. The second-order valence-corrected chi connectivity index (χ2v) is 5.07. The van der Waals surface area contributed by atoms with E-state index in [1.54, 1.807) is 30.3 Å². The molecule has 0 atom stereocenters. The summed E-state index contributed by atoms with van der Waals surface area (Å²) in [7, 11) is 0. The molecule has 0 saturated carbocycles. The van der Waals surface area contributed by atoms with E-state index in [0.717, 1.165) is 17.7 Å². The van der Waals surface area contributed by atoms with E-state index in [0.29, 0.717) is 10.6 Å². The monoisotopic (exact) mass is 356 g/mol. The van der Waals surface area contributed by atoms with Gasteiger partial charge in [-0.2, -0.15) is 0 Å². The highest BCUT2D eigenvalue weighted by Gasteiger charge is 1.93. The van der Waals surface area contributed by atoms with E-state index in [4.69, 9.17) is 21.8 Å². The lowest BCUT2D eigenvalue weighted by atomic mass is 10.2. The number of allylic oxidation sites excluding steroid dienone is 2. The molecule has 2 N–H and O–H groups in total. The molecular formula is C20H17ClO4. The molecule has 0 bridgehead atoms. The molecule has 0 radical (unpaired) electrons. The molecule has 0 aliphatic heterocycles. The fourth-order valence-corrected chi connectivity index (χ4v) is 1.84. The van der Waals surface area contributed by atoms with E-state index in [9.17, 15) is 9.59 Å². The van der Waals surface area contributed by atoms with Crippen LogP contribution in [-0.2, 0) is 9.59 Å². The summed E-state index contributed by atoms with van der Waals surface area (Å²) in [4.78, 5) is 20.2. The third kappa shape index (κ3) is 9.58. The maximum absolute atomic E-state index is 10.2. The number of carbonyl (C=O) groups is 2. The quantitative estimate of drug-likeness (QED) is 0.597. The Morgan fingerprint density at radius 3 is 1.96 bits per heavy atom. The van der Waals surface area contributed by atoms with E-state index in [1.807, 2.05) is 36.4 Å². The SMILES string of the molecule is O=C(O)/C=C/C=C/c1ccccc1.O=C(O)/C=C/c1ccccc1Cl. The van der Waals surface area contributed by atoms with Crippen LogP contribution in [0.3, 0.4) is 0 Å². The molecule has 5 heteroatoms. The van der Waals surface area contributed by atoms with E-state index in [2.05, 4.69) is 0 Å². The largest absolute Gasteiger partial charge is 0.478 e. The summed E-state index contributed by atoms with van der Waals surface area (Å²) in [5.41, 5.74) is 1.76. The summed E-state index contributed by atoms with van der Waals surface area (Å²) < 4.78 is 0. The zero-order chi connectivity index (χ0) is 18.5. The normalized spacial score (nSPS) is 10.8. The molecule has 0 amide bonds. The summed E-state index contributed by atoms with van der Waals surface area (Å²) in [5, 5.41) is 17.2. The van der Waals surface area contributed by atoms with Gasteiger partial charge in [0.05, 0.1) is 0 Å². The maximum Gasteiger partial charge on any atom is 0.328 e. The van der Waals surface area contributed by atoms with Crippen molar-refractivity contribution in [3.05, 3.63) is 95.1 Å². The summed E-state index contributed by atoms with van der Waals surface area (Å²) in [5.74, 6) is -1.91. The van der Waals surface area contributed by atoms with Gasteiger partial charge in [-0.1, -0.05) is 78.4 Å². The number of hydrogen-bond donors (Lipinski definition) is 2. The van der Waals surface area contributed by atoms with Gasteiger partial charge in [-0.15, -0.1) is 0 Å². The van der Waals surface area contributed by atoms with Crippen molar-refractivity contribution in [1.29, 1.82) is 0 Å². The third-order valence-corrected chi connectivity index (χ3v) is 3.09. The molecule has 128 valence electrons. The number of benzene rings is 2. The molecule has 0 unspecified atom stereocenters. The molecule has 0 spiro atoms. The number of carboxylic acids is 2. The predicted molar refractivity (Wildman–Crippen MR) is 100 cm³/mol. The maximum atomic E-state index is 10.2. The topological polar surface area (TPSA) is 74.6 Å². The van der Waals surface area contributed by atoms with Crippen LogP contribution in [0.25, 0.3) is 12.2 Å². The molecule has 0 aliphatic rings. The minimum Gasteiger partial charge on any atom is -0.478 e. The van der Waals surface area contributed by atoms with Gasteiger partial charge in [-0.3, -0.25) is 0 Å². The molecule has 2 aromatic carbocycles. The summed E-state index contributed by atoms with van der Waals surface area (Å²) >= 11 is 5.76. The highest BCUT2D eigenvalue weighted by Crippen LogP contribution is 2.15. The highest BCUT2D eigenvalue weighted by atomic mass is 35.5. The molecule has 0 saturated heterocycles. The van der Waals surface area contributed by atoms with Gasteiger partial charge < -0.3 is 10.2 Å². The number of hydrogen-bond acceptors (Lipinski definition) is 2. The van der Waals surface area contributed by atoms with E-state index in [-0.39, 0.29) is 0 Å². The van der Waals surface area contributed by atoms with Crippen molar-refractivity contribution in [3.8, 4) is 0 Å². The third-order valence-electron chi connectivity index (χ3n) is 2.75. The van der Waals surface area contributed by atoms with Gasteiger partial charge in [-0.05, 0) is 23.3 Å². The van der Waals surface area contributed by atoms with Gasteiger partial charge in [0.1, 0.15) is 0 Å². The van der Waals surface area contributed by atoms with Crippen LogP contribution < -0.4 is 0 Å². The second kappa shape index (κ2) is 11.4. The molecule has 25 heavy (non-hydrogen) atoms. The molecule has 0 aromatic heterocycles. The molecule has 0 aliphatic carbocycles. The first-order chi connectivity index (χ1) is 12.0. The van der Waals surface area contributed by atoms with Gasteiger partial charge in [-0.25, -0.2) is 9.59 Å². The number of aliphatic carboxylic acids is 2. The number of carboxylic acid groups (broad SMARTS) is 2. The fraction of sp³-hybridized carbons (Fsp3) is 0. The average Bonchev–Trinajstić information content (AvgIpc) is 2.59. The van der Waals surface area contributed by atoms with E-state index in [1.165, 1.54) is 12.2 Å². The number of halogens is 1. The summed E-state index contributed by atoms with van der Waals surface area (Å²) in [6.45, 7) is 0. The van der Waals surface area contributed by atoms with Crippen molar-refractivity contribution in [2.45, 2.75) is 0 Å². The number of rotatable bonds is 5. The van der Waals surface area contributed by atoms with Crippen molar-refractivity contribution in [2.75, 3.05) is 0 Å². The van der Waals surface area contributed by atoms with Crippen LogP contribution in [-0.4, -0.2) is 22.2 Å². The van der Waals surface area contributed by atoms with Gasteiger partial charge in [0.15, 0.2) is 0 Å². The molecule has 0 fully saturated rings. The summed E-state index contributed by atoms with van der Waals surface area (Å²) in [6.07, 6.45) is 8.66. The Morgan fingerprint density at radius 1 is 0.760 bits per heavy atom. The van der Waals surface area contributed by atoms with Crippen LogP contribution in [0.4, 0.5) is 0 Å². The van der Waals surface area contributed by atoms with Gasteiger partial charge in [0, 0.05) is 17.2 Å². The fourth-order valence-electron chi connectivity index (χ4n) is 1.64. The van der Waals surface area contributed by atoms with E-state index >= 15 is 0 Å². The zero-order valence-electron chi connectivity index (χ0n) is 13.2. The average molecular weight is 357 g/mol. The van der Waals surface area contributed by atoms with Gasteiger partial charge in [0.2, 0.25) is 0 Å². The van der Waals surface area contributed by atoms with Crippen molar-refractivity contribution in [3.63, 3.8) is 0 Å². The Labute approximate surface area is 151 Å².